The van der Waals surface area contributed by atoms with Gasteiger partial charge in [0.15, 0.2) is 11.6 Å². The molecule has 0 atom stereocenters. The number of hydrogen-bond acceptors (Lipinski definition) is 3. The molecule has 30 heavy (non-hydrogen) atoms. The van der Waals surface area contributed by atoms with E-state index in [4.69, 9.17) is 4.74 Å². The summed E-state index contributed by atoms with van der Waals surface area (Å²) in [5.41, 5.74) is 1.86. The molecule has 1 aliphatic heterocycles. The smallest absolute Gasteiger partial charge is 0.222 e. The van der Waals surface area contributed by atoms with Crippen LogP contribution in [0.3, 0.4) is 0 Å². The van der Waals surface area contributed by atoms with Crippen LogP contribution in [0, 0.1) is 17.7 Å². The summed E-state index contributed by atoms with van der Waals surface area (Å²) < 4.78 is 21.7. The zero-order valence-electron chi connectivity index (χ0n) is 17.6. The average Bonchev–Trinajstić information content (AvgIpc) is 3.20. The Kier molecular flexibility index (Phi) is 6.38. The third kappa shape index (κ3) is 4.84. The number of halogens is 1. The molecule has 0 bridgehead atoms. The summed E-state index contributed by atoms with van der Waals surface area (Å²) in [7, 11) is 0. The van der Waals surface area contributed by atoms with Gasteiger partial charge in [-0.3, -0.25) is 4.79 Å². The lowest BCUT2D eigenvalue weighted by atomic mass is 9.97. The van der Waals surface area contributed by atoms with E-state index >= 15 is 0 Å². The van der Waals surface area contributed by atoms with Gasteiger partial charge in [0, 0.05) is 24.2 Å². The fourth-order valence-electron chi connectivity index (χ4n) is 3.97. The van der Waals surface area contributed by atoms with E-state index in [0.717, 1.165) is 37.1 Å². The minimum absolute atomic E-state index is 0.242. The number of fused-ring (bicyclic) bond motifs is 1. The average molecular weight is 426 g/mol. The second kappa shape index (κ2) is 9.17. The van der Waals surface area contributed by atoms with Gasteiger partial charge in [-0.15, -0.1) is 11.3 Å². The number of carbonyl (C=O) groups is 1. The number of ether oxygens (including phenoxy) is 1. The number of carbonyl (C=O) groups excluding carboxylic acids is 1. The predicted octanol–water partition coefficient (Wildman–Crippen LogP) is 6.37. The van der Waals surface area contributed by atoms with Crippen molar-refractivity contribution < 1.29 is 13.9 Å². The number of nitrogens with zero attached hydrogens (tertiary/aromatic N) is 1. The van der Waals surface area contributed by atoms with Gasteiger partial charge in [-0.25, -0.2) is 4.39 Å². The molecular formula is C25H28FNO2S. The zero-order chi connectivity index (χ0) is 21.1. The van der Waals surface area contributed by atoms with Gasteiger partial charge in [-0.1, -0.05) is 32.0 Å². The second-order valence-corrected chi connectivity index (χ2v) is 9.50. The molecule has 2 heterocycles. The quantitative estimate of drug-likeness (QED) is 0.459. The van der Waals surface area contributed by atoms with Crippen molar-refractivity contribution in [3.05, 3.63) is 53.7 Å². The molecule has 1 fully saturated rings. The Hall–Kier alpha value is -2.40. The Bertz CT molecular complexity index is 1020. The van der Waals surface area contributed by atoms with Crippen molar-refractivity contribution in [1.29, 1.82) is 0 Å². The zero-order valence-corrected chi connectivity index (χ0v) is 18.4. The Morgan fingerprint density at radius 2 is 1.87 bits per heavy atom. The van der Waals surface area contributed by atoms with Gasteiger partial charge in [-0.2, -0.15) is 0 Å². The molecule has 0 unspecified atom stereocenters. The number of thiophene rings is 1. The highest BCUT2D eigenvalue weighted by Gasteiger charge is 2.23. The van der Waals surface area contributed by atoms with Gasteiger partial charge in [0.1, 0.15) is 0 Å². The normalized spacial score (nSPS) is 15.1. The predicted molar refractivity (Wildman–Crippen MR) is 121 cm³/mol. The molecule has 3 nitrogen and oxygen atoms in total. The van der Waals surface area contributed by atoms with E-state index in [1.165, 1.54) is 10.1 Å². The Labute approximate surface area is 181 Å². The first kappa shape index (κ1) is 20.9. The fourth-order valence-corrected chi connectivity index (χ4v) is 4.80. The van der Waals surface area contributed by atoms with Gasteiger partial charge in [0.2, 0.25) is 5.91 Å². The SMILES string of the molecule is CC(C)CC(=O)N1CCC(COc2ccc(-c3ccc4ccsc4c3)cc2F)CC1. The second-order valence-electron chi connectivity index (χ2n) is 8.55. The Morgan fingerprint density at radius 3 is 2.60 bits per heavy atom. The van der Waals surface area contributed by atoms with E-state index in [1.807, 2.05) is 17.0 Å². The maximum atomic E-state index is 14.7. The van der Waals surface area contributed by atoms with Crippen molar-refractivity contribution in [2.75, 3.05) is 19.7 Å². The van der Waals surface area contributed by atoms with Crippen molar-refractivity contribution in [3.8, 4) is 16.9 Å². The molecule has 158 valence electrons. The van der Waals surface area contributed by atoms with Crippen molar-refractivity contribution >= 4 is 27.3 Å². The highest BCUT2D eigenvalue weighted by Crippen LogP contribution is 2.30. The summed E-state index contributed by atoms with van der Waals surface area (Å²) in [5, 5.41) is 3.28. The molecule has 5 heteroatoms. The number of rotatable bonds is 6. The van der Waals surface area contributed by atoms with E-state index < -0.39 is 0 Å². The third-order valence-corrected chi connectivity index (χ3v) is 6.63. The maximum Gasteiger partial charge on any atom is 0.222 e. The molecule has 0 N–H and O–H groups in total. The van der Waals surface area contributed by atoms with E-state index in [-0.39, 0.29) is 11.7 Å². The molecule has 1 saturated heterocycles. The Balaban J connectivity index is 1.33. The molecule has 4 rings (SSSR count). The van der Waals surface area contributed by atoms with Crippen LogP contribution in [0.5, 0.6) is 5.75 Å². The maximum absolute atomic E-state index is 14.7. The number of likely N-dealkylation sites (tertiary alicyclic amines) is 1. The highest BCUT2D eigenvalue weighted by atomic mass is 32.1. The van der Waals surface area contributed by atoms with Crippen LogP contribution in [-0.4, -0.2) is 30.5 Å². The van der Waals surface area contributed by atoms with Gasteiger partial charge >= 0.3 is 0 Å². The monoisotopic (exact) mass is 425 g/mol. The number of amides is 1. The van der Waals surface area contributed by atoms with Crippen LogP contribution >= 0.6 is 11.3 Å². The van der Waals surface area contributed by atoms with Crippen LogP contribution in [0.25, 0.3) is 21.2 Å². The first-order chi connectivity index (χ1) is 14.5. The van der Waals surface area contributed by atoms with Gasteiger partial charge < -0.3 is 9.64 Å². The first-order valence-corrected chi connectivity index (χ1v) is 11.6. The molecule has 3 aromatic rings. The highest BCUT2D eigenvalue weighted by molar-refractivity contribution is 7.17. The minimum atomic E-state index is -0.330. The van der Waals surface area contributed by atoms with Gasteiger partial charge in [-0.05, 0) is 70.8 Å². The molecule has 2 aromatic carbocycles. The standard InChI is InChI=1S/C25H28FNO2S/c1-17(2)13-25(28)27-10-7-18(8-11-27)16-29-23-6-5-20(14-22(23)26)21-4-3-19-9-12-30-24(19)15-21/h3-6,9,12,14-15,17-18H,7-8,10-11,13,16H2,1-2H3. The third-order valence-electron chi connectivity index (χ3n) is 5.75. The van der Waals surface area contributed by atoms with Crippen LogP contribution < -0.4 is 4.74 Å². The molecule has 0 saturated carbocycles. The number of benzene rings is 2. The number of hydrogen-bond donors (Lipinski definition) is 0. The summed E-state index contributed by atoms with van der Waals surface area (Å²) in [6.07, 6.45) is 2.42. The summed E-state index contributed by atoms with van der Waals surface area (Å²) >= 11 is 1.69. The largest absolute Gasteiger partial charge is 0.490 e. The van der Waals surface area contributed by atoms with E-state index in [1.54, 1.807) is 23.5 Å². The van der Waals surface area contributed by atoms with E-state index in [9.17, 15) is 9.18 Å². The summed E-state index contributed by atoms with van der Waals surface area (Å²) in [6, 6.07) is 13.5. The van der Waals surface area contributed by atoms with Crippen LogP contribution in [0.2, 0.25) is 0 Å². The van der Waals surface area contributed by atoms with Crippen LogP contribution in [0.15, 0.2) is 47.8 Å². The first-order valence-electron chi connectivity index (χ1n) is 10.7. The van der Waals surface area contributed by atoms with Gasteiger partial charge in [0.05, 0.1) is 6.61 Å². The summed E-state index contributed by atoms with van der Waals surface area (Å²) in [5.74, 6) is 0.953. The van der Waals surface area contributed by atoms with Crippen molar-refractivity contribution in [2.24, 2.45) is 11.8 Å². The minimum Gasteiger partial charge on any atom is -0.490 e. The molecule has 1 aliphatic rings. The molecule has 0 radical (unpaired) electrons. The van der Waals surface area contributed by atoms with Crippen molar-refractivity contribution in [2.45, 2.75) is 33.1 Å². The fraction of sp³-hybridized carbons (Fsp3) is 0.400. The lowest BCUT2D eigenvalue weighted by Gasteiger charge is -2.32. The number of piperidine rings is 1. The summed E-state index contributed by atoms with van der Waals surface area (Å²) in [4.78, 5) is 14.1. The van der Waals surface area contributed by atoms with Crippen LogP contribution in [-0.2, 0) is 4.79 Å². The lowest BCUT2D eigenvalue weighted by Crippen LogP contribution is -2.40. The molecular weight excluding hydrogens is 397 g/mol. The summed E-state index contributed by atoms with van der Waals surface area (Å²) in [6.45, 7) is 6.17. The molecule has 1 aromatic heterocycles. The van der Waals surface area contributed by atoms with Gasteiger partial charge in [0.25, 0.3) is 0 Å². The van der Waals surface area contributed by atoms with Crippen LogP contribution in [0.1, 0.15) is 33.1 Å². The van der Waals surface area contributed by atoms with Crippen LogP contribution in [0.4, 0.5) is 4.39 Å². The van der Waals surface area contributed by atoms with Crippen molar-refractivity contribution in [1.82, 2.24) is 4.90 Å². The Morgan fingerprint density at radius 1 is 1.13 bits per heavy atom. The lowest BCUT2D eigenvalue weighted by molar-refractivity contribution is -0.133. The molecule has 1 amide bonds. The molecule has 0 aliphatic carbocycles. The topological polar surface area (TPSA) is 29.5 Å². The van der Waals surface area contributed by atoms with E-state index in [2.05, 4.69) is 37.4 Å². The molecule has 0 spiro atoms. The van der Waals surface area contributed by atoms with E-state index in [0.29, 0.717) is 30.6 Å². The van der Waals surface area contributed by atoms with Crippen molar-refractivity contribution in [3.63, 3.8) is 0 Å².